The Hall–Kier alpha value is -0.760. The second-order valence-electron chi connectivity index (χ2n) is 4.70. The second-order valence-corrected chi connectivity index (χ2v) is 6.56. The van der Waals surface area contributed by atoms with Crippen molar-refractivity contribution >= 4 is 22.4 Å². The monoisotopic (exact) mass is 326 g/mol. The van der Waals surface area contributed by atoms with E-state index in [0.717, 1.165) is 6.07 Å². The molecule has 1 aliphatic heterocycles. The van der Waals surface area contributed by atoms with Gasteiger partial charge in [0.15, 0.2) is 0 Å². The van der Waals surface area contributed by atoms with Crippen molar-refractivity contribution in [3.8, 4) is 0 Å². The van der Waals surface area contributed by atoms with E-state index in [2.05, 4.69) is 5.32 Å². The first-order valence-electron chi connectivity index (χ1n) is 6.02. The molecule has 1 saturated heterocycles. The Morgan fingerprint density at radius 1 is 1.30 bits per heavy atom. The van der Waals surface area contributed by atoms with E-state index in [9.17, 15) is 17.2 Å². The number of piperazine rings is 1. The molecule has 0 aromatic heterocycles. The molecule has 4 nitrogen and oxygen atoms in total. The number of nitrogens with zero attached hydrogens (tertiary/aromatic N) is 1. The van der Waals surface area contributed by atoms with Gasteiger partial charge in [-0.15, -0.1) is 12.4 Å². The molecule has 1 aromatic carbocycles. The molecule has 0 spiro atoms. The summed E-state index contributed by atoms with van der Waals surface area (Å²) < 4.78 is 53.0. The summed E-state index contributed by atoms with van der Waals surface area (Å²) in [5.41, 5.74) is 0.114. The van der Waals surface area contributed by atoms with Crippen molar-refractivity contribution in [3.05, 3.63) is 29.3 Å². The van der Waals surface area contributed by atoms with Gasteiger partial charge in [-0.05, 0) is 25.5 Å². The molecular weight excluding hydrogens is 310 g/mol. The number of hydrogen-bond acceptors (Lipinski definition) is 3. The smallest absolute Gasteiger partial charge is 0.246 e. The Labute approximate surface area is 123 Å². The Morgan fingerprint density at radius 2 is 1.95 bits per heavy atom. The lowest BCUT2D eigenvalue weighted by atomic mass is 10.2. The standard InChI is InChI=1S/C12H16F2N2O2S.ClH/c1-8-5-12(11(14)6-10(8)13)19(17,18)16-4-3-15-7-9(16)2;/h5-6,9,15H,3-4,7H2,1-2H3;1H. The molecular formula is C12H17ClF2N2O2S. The average molecular weight is 327 g/mol. The van der Waals surface area contributed by atoms with Crippen LogP contribution in [-0.4, -0.2) is 38.4 Å². The molecule has 1 heterocycles. The lowest BCUT2D eigenvalue weighted by Crippen LogP contribution is -2.52. The zero-order valence-electron chi connectivity index (χ0n) is 11.2. The zero-order valence-corrected chi connectivity index (χ0v) is 12.8. The van der Waals surface area contributed by atoms with Crippen LogP contribution in [0.3, 0.4) is 0 Å². The van der Waals surface area contributed by atoms with Crippen LogP contribution in [-0.2, 0) is 10.0 Å². The van der Waals surface area contributed by atoms with Crippen molar-refractivity contribution in [2.75, 3.05) is 19.6 Å². The maximum absolute atomic E-state index is 13.7. The highest BCUT2D eigenvalue weighted by atomic mass is 35.5. The molecule has 1 N–H and O–H groups in total. The molecule has 0 amide bonds. The van der Waals surface area contributed by atoms with Gasteiger partial charge in [0.2, 0.25) is 10.0 Å². The van der Waals surface area contributed by atoms with Crippen molar-refractivity contribution in [3.63, 3.8) is 0 Å². The van der Waals surface area contributed by atoms with Crippen molar-refractivity contribution in [2.24, 2.45) is 0 Å². The molecule has 114 valence electrons. The van der Waals surface area contributed by atoms with E-state index in [4.69, 9.17) is 0 Å². The Balaban J connectivity index is 0.00000200. The largest absolute Gasteiger partial charge is 0.314 e. The van der Waals surface area contributed by atoms with Crippen molar-refractivity contribution < 1.29 is 17.2 Å². The topological polar surface area (TPSA) is 49.4 Å². The van der Waals surface area contributed by atoms with Crippen LogP contribution >= 0.6 is 12.4 Å². The average Bonchev–Trinajstić information content (AvgIpc) is 2.34. The van der Waals surface area contributed by atoms with Gasteiger partial charge < -0.3 is 5.32 Å². The Bertz CT molecular complexity index is 595. The van der Waals surface area contributed by atoms with Gasteiger partial charge in [0, 0.05) is 31.7 Å². The van der Waals surface area contributed by atoms with Crippen molar-refractivity contribution in [1.29, 1.82) is 0 Å². The van der Waals surface area contributed by atoms with Crippen LogP contribution in [0, 0.1) is 18.6 Å². The van der Waals surface area contributed by atoms with Gasteiger partial charge in [-0.25, -0.2) is 17.2 Å². The van der Waals surface area contributed by atoms with Gasteiger partial charge in [0.25, 0.3) is 0 Å². The van der Waals surface area contributed by atoms with E-state index in [0.29, 0.717) is 19.2 Å². The number of nitrogens with one attached hydrogen (secondary N) is 1. The second kappa shape index (κ2) is 6.34. The van der Waals surface area contributed by atoms with Gasteiger partial charge >= 0.3 is 0 Å². The lowest BCUT2D eigenvalue weighted by Gasteiger charge is -2.32. The highest BCUT2D eigenvalue weighted by Crippen LogP contribution is 2.24. The Kier molecular flexibility index (Phi) is 5.48. The molecule has 2 rings (SSSR count). The number of benzene rings is 1. The third-order valence-electron chi connectivity index (χ3n) is 3.24. The molecule has 8 heteroatoms. The van der Waals surface area contributed by atoms with Crippen LogP contribution in [0.1, 0.15) is 12.5 Å². The van der Waals surface area contributed by atoms with Gasteiger partial charge in [-0.3, -0.25) is 0 Å². The number of halogens is 3. The molecule has 1 aromatic rings. The van der Waals surface area contributed by atoms with E-state index in [1.807, 2.05) is 0 Å². The van der Waals surface area contributed by atoms with E-state index in [1.165, 1.54) is 11.2 Å². The van der Waals surface area contributed by atoms with Crippen LogP contribution in [0.15, 0.2) is 17.0 Å². The SMILES string of the molecule is Cc1cc(S(=O)(=O)N2CCNCC2C)c(F)cc1F.Cl. The highest BCUT2D eigenvalue weighted by molar-refractivity contribution is 7.89. The van der Waals surface area contributed by atoms with Crippen LogP contribution in [0.2, 0.25) is 0 Å². The minimum Gasteiger partial charge on any atom is -0.314 e. The van der Waals surface area contributed by atoms with Crippen molar-refractivity contribution in [2.45, 2.75) is 24.8 Å². The van der Waals surface area contributed by atoms with Crippen LogP contribution in [0.4, 0.5) is 8.78 Å². The number of sulfonamides is 1. The normalized spacial score (nSPS) is 20.5. The molecule has 20 heavy (non-hydrogen) atoms. The molecule has 1 unspecified atom stereocenters. The Morgan fingerprint density at radius 3 is 2.55 bits per heavy atom. The number of rotatable bonds is 2. The molecule has 1 aliphatic rings. The van der Waals surface area contributed by atoms with E-state index in [-0.39, 0.29) is 30.6 Å². The number of aryl methyl sites for hydroxylation is 1. The van der Waals surface area contributed by atoms with Gasteiger partial charge in [0.05, 0.1) is 0 Å². The van der Waals surface area contributed by atoms with Gasteiger partial charge in [0.1, 0.15) is 16.5 Å². The summed E-state index contributed by atoms with van der Waals surface area (Å²) in [6.45, 7) is 4.47. The predicted molar refractivity (Wildman–Crippen MR) is 74.6 cm³/mol. The van der Waals surface area contributed by atoms with E-state index < -0.39 is 26.6 Å². The quantitative estimate of drug-likeness (QED) is 0.899. The maximum Gasteiger partial charge on any atom is 0.246 e. The maximum atomic E-state index is 13.7. The fourth-order valence-corrected chi connectivity index (χ4v) is 3.90. The van der Waals surface area contributed by atoms with Gasteiger partial charge in [-0.2, -0.15) is 4.31 Å². The molecule has 0 bridgehead atoms. The van der Waals surface area contributed by atoms with Gasteiger partial charge in [-0.1, -0.05) is 0 Å². The minimum absolute atomic E-state index is 0. The van der Waals surface area contributed by atoms with Crippen molar-refractivity contribution in [1.82, 2.24) is 9.62 Å². The third-order valence-corrected chi connectivity index (χ3v) is 5.27. The lowest BCUT2D eigenvalue weighted by molar-refractivity contribution is 0.283. The fourth-order valence-electron chi connectivity index (χ4n) is 2.13. The molecule has 0 saturated carbocycles. The van der Waals surface area contributed by atoms with E-state index in [1.54, 1.807) is 6.92 Å². The van der Waals surface area contributed by atoms with Crippen LogP contribution in [0.5, 0.6) is 0 Å². The predicted octanol–water partition coefficient (Wildman–Crippen LogP) is 1.68. The highest BCUT2D eigenvalue weighted by Gasteiger charge is 2.33. The summed E-state index contributed by atoms with van der Waals surface area (Å²) in [7, 11) is -3.93. The first-order valence-corrected chi connectivity index (χ1v) is 7.46. The summed E-state index contributed by atoms with van der Waals surface area (Å²) in [4.78, 5) is -0.458. The summed E-state index contributed by atoms with van der Waals surface area (Å²) in [6, 6.07) is 1.41. The summed E-state index contributed by atoms with van der Waals surface area (Å²) in [5, 5.41) is 3.06. The van der Waals surface area contributed by atoms with Crippen LogP contribution in [0.25, 0.3) is 0 Å². The first kappa shape index (κ1) is 17.3. The summed E-state index contributed by atoms with van der Waals surface area (Å²) >= 11 is 0. The summed E-state index contributed by atoms with van der Waals surface area (Å²) in [6.07, 6.45) is 0. The first-order chi connectivity index (χ1) is 8.84. The molecule has 1 fully saturated rings. The third kappa shape index (κ3) is 3.11. The molecule has 1 atom stereocenters. The minimum atomic E-state index is -3.93. The molecule has 0 aliphatic carbocycles. The van der Waals surface area contributed by atoms with Crippen LogP contribution < -0.4 is 5.32 Å². The zero-order chi connectivity index (χ0) is 14.2. The number of hydrogen-bond donors (Lipinski definition) is 1. The molecule has 0 radical (unpaired) electrons. The van der Waals surface area contributed by atoms with E-state index >= 15 is 0 Å². The summed E-state index contributed by atoms with van der Waals surface area (Å²) in [5.74, 6) is -1.79. The fraction of sp³-hybridized carbons (Fsp3) is 0.500.